The van der Waals surface area contributed by atoms with Gasteiger partial charge in [-0.25, -0.2) is 63.5 Å². The second-order valence-corrected chi connectivity index (χ2v) is 39.2. The smallest absolute Gasteiger partial charge is 0.412 e. The molecule has 6 aromatic heterocycles. The number of nitrogens with one attached hydrogen (secondary N) is 4. The fourth-order valence-corrected chi connectivity index (χ4v) is 21.3. The van der Waals surface area contributed by atoms with Crippen LogP contribution in [0, 0.1) is 0 Å². The van der Waals surface area contributed by atoms with Gasteiger partial charge in [-0.3, -0.25) is 36.0 Å². The van der Waals surface area contributed by atoms with E-state index < -0.39 is 47.7 Å². The van der Waals surface area contributed by atoms with Gasteiger partial charge in [-0.05, 0) is 241 Å². The van der Waals surface area contributed by atoms with E-state index in [1.807, 2.05) is 212 Å². The Kier molecular flexibility index (Phi) is 25.5. The lowest BCUT2D eigenvalue weighted by atomic mass is 9.83. The maximum Gasteiger partial charge on any atom is 0.412 e. The van der Waals surface area contributed by atoms with Gasteiger partial charge < -0.3 is 40.0 Å². The summed E-state index contributed by atoms with van der Waals surface area (Å²) in [6, 6.07) is 92.4. The van der Waals surface area contributed by atoms with Gasteiger partial charge in [-0.15, -0.1) is 0 Å². The zero-order chi connectivity index (χ0) is 99.0. The number of ether oxygens (including phenoxy) is 4. The molecule has 0 saturated carbocycles. The minimum atomic E-state index is -1.25. The van der Waals surface area contributed by atoms with Gasteiger partial charge in [0.1, 0.15) is 36.9 Å². The highest BCUT2D eigenvalue weighted by atomic mass is 32.1. The van der Waals surface area contributed by atoms with Crippen molar-refractivity contribution in [3.05, 3.63) is 365 Å². The normalized spacial score (nSPS) is 13.8. The SMILES string of the molecule is CC(C)(C)OC(=O)Nc1cccc(OCc2cccc(-c3ccc(-c4ccc5c(c4)N(C(=O)Nc4nc6ccccc6s4)CCC5c4ccc5nc(NC(=O)N6CCC(c7ccc8nc(NC(=O)N9CCCc%10ccc(-c%11ccc(OCc%12ccc(-c%13ccccc%13)cc%12)c(C(=O)O)n%11)cc%109)sc8c7)c7ccc(-c8ccc(-c9cccc(COc%10cccc(N)c%10)c9)c(C(=O)O)n8)cc76)sc5c4)nc3C(=O)O)c2)c1. The summed E-state index contributed by atoms with van der Waals surface area (Å²) in [4.78, 5) is 131. The van der Waals surface area contributed by atoms with E-state index in [2.05, 4.69) is 38.4 Å². The zero-order valence-corrected chi connectivity index (χ0v) is 80.2. The number of nitrogens with two attached hydrogens (primary N) is 1. The van der Waals surface area contributed by atoms with Gasteiger partial charge in [0.25, 0.3) is 0 Å². The minimum absolute atomic E-state index is 0.118. The Morgan fingerprint density at radius 1 is 0.382 bits per heavy atom. The fraction of sp³-hybridized carbons (Fsp3) is 0.142. The van der Waals surface area contributed by atoms with Crippen LogP contribution in [0.2, 0.25) is 0 Å². The average molecular weight is 1960 g/mol. The number of carbonyl (C=O) groups is 7. The van der Waals surface area contributed by atoms with Gasteiger partial charge in [0.2, 0.25) is 0 Å². The molecule has 2 unspecified atom stereocenters. The third-order valence-corrected chi connectivity index (χ3v) is 28.2. The Labute approximate surface area is 837 Å². The second-order valence-electron chi connectivity index (χ2n) is 36.1. The van der Waals surface area contributed by atoms with E-state index in [1.165, 1.54) is 34.0 Å². The third-order valence-electron chi connectivity index (χ3n) is 25.4. The molecular weight excluding hydrogens is 1870 g/mol. The summed E-state index contributed by atoms with van der Waals surface area (Å²) in [5.74, 6) is -3.12. The van der Waals surface area contributed by atoms with Crippen LogP contribution in [-0.2, 0) is 31.0 Å². The predicted octanol–water partition coefficient (Wildman–Crippen LogP) is 25.6. The molecule has 0 fully saturated rings. The number of nitrogen functional groups attached to an aromatic ring is 1. The predicted molar refractivity (Wildman–Crippen MR) is 562 cm³/mol. The summed E-state index contributed by atoms with van der Waals surface area (Å²) in [6.07, 6.45) is 1.76. The highest BCUT2D eigenvalue weighted by Gasteiger charge is 2.36. The summed E-state index contributed by atoms with van der Waals surface area (Å²) in [6.45, 7) is 6.66. The number of aromatic carboxylic acids is 3. The number of hydrogen-bond acceptors (Lipinski definition) is 21. The van der Waals surface area contributed by atoms with Crippen LogP contribution < -0.4 is 55.9 Å². The number of urea groups is 3. The number of para-hydroxylation sites is 1. The van der Waals surface area contributed by atoms with Crippen LogP contribution in [0.15, 0.2) is 303 Å². The number of amides is 7. The monoisotopic (exact) mass is 1960 g/mol. The number of aryl methyl sites for hydroxylation is 1. The Morgan fingerprint density at radius 2 is 0.840 bits per heavy atom. The van der Waals surface area contributed by atoms with Crippen molar-refractivity contribution in [2.75, 3.05) is 61.3 Å². The van der Waals surface area contributed by atoms with Crippen molar-refractivity contribution >= 4 is 151 Å². The number of benzene rings is 12. The lowest BCUT2D eigenvalue weighted by Crippen LogP contribution is -2.39. The van der Waals surface area contributed by atoms with Crippen molar-refractivity contribution in [2.24, 2.45) is 0 Å². The number of anilines is 8. The summed E-state index contributed by atoms with van der Waals surface area (Å²) in [5.41, 5.74) is 23.2. The highest BCUT2D eigenvalue weighted by molar-refractivity contribution is 7.23. The van der Waals surface area contributed by atoms with Crippen LogP contribution in [0.3, 0.4) is 0 Å². The van der Waals surface area contributed by atoms with Crippen molar-refractivity contribution in [3.63, 3.8) is 0 Å². The molecule has 3 aliphatic heterocycles. The molecule has 7 amide bonds. The summed E-state index contributed by atoms with van der Waals surface area (Å²) in [7, 11) is 0. The number of aromatic nitrogens is 6. The number of pyridine rings is 3. The molecule has 0 saturated heterocycles. The average Bonchev–Trinajstić information content (AvgIpc) is 1.12. The fourth-order valence-electron chi connectivity index (χ4n) is 18.6. The van der Waals surface area contributed by atoms with Crippen molar-refractivity contribution in [3.8, 4) is 84.4 Å². The van der Waals surface area contributed by atoms with E-state index in [-0.39, 0.29) is 67.6 Å². The molecule has 31 heteroatoms. The van der Waals surface area contributed by atoms with Gasteiger partial charge in [0.15, 0.2) is 38.2 Å². The van der Waals surface area contributed by atoms with E-state index in [4.69, 9.17) is 49.6 Å². The molecular formula is C113H90N14O14S3. The van der Waals surface area contributed by atoms with Crippen molar-refractivity contribution in [1.29, 1.82) is 0 Å². The number of carboxylic acids is 3. The van der Waals surface area contributed by atoms with Gasteiger partial charge in [-0.2, -0.15) is 0 Å². The Morgan fingerprint density at radius 3 is 1.38 bits per heavy atom. The largest absolute Gasteiger partial charge is 0.489 e. The first kappa shape index (κ1) is 92.8. The number of thiazole rings is 3. The second kappa shape index (κ2) is 39.6. The maximum atomic E-state index is 15.5. The molecule has 0 bridgehead atoms. The van der Waals surface area contributed by atoms with Crippen molar-refractivity contribution in [1.82, 2.24) is 29.9 Å². The summed E-state index contributed by atoms with van der Waals surface area (Å²) < 4.78 is 26.2. The zero-order valence-electron chi connectivity index (χ0n) is 77.8. The van der Waals surface area contributed by atoms with Crippen LogP contribution >= 0.6 is 34.0 Å². The lowest BCUT2D eigenvalue weighted by molar-refractivity contribution is 0.0631. The van der Waals surface area contributed by atoms with Crippen LogP contribution in [0.5, 0.6) is 17.2 Å². The molecule has 3 aliphatic rings. The molecule has 2 atom stereocenters. The van der Waals surface area contributed by atoms with Crippen LogP contribution in [-0.4, -0.2) is 113 Å². The molecule has 12 aromatic carbocycles. The molecule has 9 N–H and O–H groups in total. The molecule has 9 heterocycles. The van der Waals surface area contributed by atoms with Crippen molar-refractivity contribution in [2.45, 2.75) is 83.7 Å². The van der Waals surface area contributed by atoms with Gasteiger partial charge in [0.05, 0.1) is 47.7 Å². The summed E-state index contributed by atoms with van der Waals surface area (Å²) in [5, 5.41) is 45.5. The quantitative estimate of drug-likeness (QED) is 0.0260. The molecule has 18 aromatic rings. The summed E-state index contributed by atoms with van der Waals surface area (Å²) >= 11 is 3.98. The Hall–Kier alpha value is -17.6. The minimum Gasteiger partial charge on any atom is -0.489 e. The number of hydrogen-bond donors (Lipinski definition) is 8. The first-order chi connectivity index (χ1) is 69.9. The van der Waals surface area contributed by atoms with Gasteiger partial charge >= 0.3 is 42.1 Å². The molecule has 28 nitrogen and oxygen atoms in total. The van der Waals surface area contributed by atoms with E-state index in [0.717, 1.165) is 75.3 Å². The number of carbonyl (C=O) groups excluding carboxylic acids is 4. The molecule has 144 heavy (non-hydrogen) atoms. The van der Waals surface area contributed by atoms with Gasteiger partial charge in [0, 0.05) is 99.9 Å². The van der Waals surface area contributed by atoms with Gasteiger partial charge in [-0.1, -0.05) is 198 Å². The van der Waals surface area contributed by atoms with E-state index in [1.54, 1.807) is 114 Å². The van der Waals surface area contributed by atoms with Crippen LogP contribution in [0.4, 0.5) is 63.0 Å². The van der Waals surface area contributed by atoms with E-state index in [9.17, 15) is 44.1 Å². The van der Waals surface area contributed by atoms with Crippen LogP contribution in [0.25, 0.3) is 97.8 Å². The lowest BCUT2D eigenvalue weighted by Gasteiger charge is -2.35. The number of nitrogens with zero attached hydrogens (tertiary/aromatic N) is 9. The number of rotatable bonds is 24. The standard InChI is InChI=1S/C113H90N14O14S3/c1-113(2,3)141-112(137)115-78-22-12-24-80(60-78)139-63-66-15-10-19-71(53-66)84-40-44-87(117-101(84)104(130)131)75-33-37-85-81(47-50-126(94(85)55-75)110(135)122-106-119-90-25-7-8-26-97(90)142-106)73-36-42-92-99(58-73)144-108(121-92)124-111(136)127-51-48-82(86-38-34-76(56-95(86)127)88-43-39-83(100(116-88)103(128)129)70-18-9-14-65(52-70)62-138-79-23-11-21-77(114)59-79)72-35-41-91-98(57-72)143-107(120-91)123-109(134)125-49-13-20-69-31-32-74(54-93(69)125)89-45-46-96(102(118-89)105(132)133)140-61-64-27-29-68(30-28-64)67-16-5-4-6-17-67/h4-12,14-19,21-46,52-60,81-82H,13,20,47-51,61-63,114H2,1-3H3,(H,115,137)(H,128,129)(H,130,131)(H,132,133)(H,119,122,135)(H,120,123,134)(H,121,124,136). The number of carboxylic acid groups (broad SMARTS) is 3. The molecule has 714 valence electrons. The number of fused-ring (bicyclic) bond motifs is 6. The van der Waals surface area contributed by atoms with E-state index in [0.29, 0.717) is 155 Å². The topological polar surface area (TPSA) is 378 Å². The molecule has 21 rings (SSSR count). The van der Waals surface area contributed by atoms with Crippen molar-refractivity contribution < 1.29 is 67.8 Å². The first-order valence-corrected chi connectivity index (χ1v) is 49.1. The molecule has 0 aliphatic carbocycles. The maximum absolute atomic E-state index is 15.5. The Bertz CT molecular complexity index is 8120. The highest BCUT2D eigenvalue weighted by Crippen LogP contribution is 2.48. The van der Waals surface area contributed by atoms with E-state index >= 15 is 4.79 Å². The molecule has 0 radical (unpaired) electrons. The molecule has 0 spiro atoms. The third kappa shape index (κ3) is 20.1. The first-order valence-electron chi connectivity index (χ1n) is 46.6. The van der Waals surface area contributed by atoms with Crippen LogP contribution in [0.1, 0.15) is 128 Å². The Balaban J connectivity index is 0.551.